The third-order valence-electron chi connectivity index (χ3n) is 4.39. The summed E-state index contributed by atoms with van der Waals surface area (Å²) in [6.45, 7) is 2.13. The Morgan fingerprint density at radius 2 is 2.12 bits per heavy atom. The van der Waals surface area contributed by atoms with E-state index in [1.54, 1.807) is 12.4 Å². The van der Waals surface area contributed by atoms with Gasteiger partial charge in [0, 0.05) is 19.3 Å². The number of piperidine rings is 1. The second-order valence-corrected chi connectivity index (χ2v) is 6.24. The SMILES string of the molecule is Nc1cnccc1N1CCC[C@H](CC(=O)OCc2ccccc2)C1. The van der Waals surface area contributed by atoms with Gasteiger partial charge in [0.2, 0.25) is 0 Å². The van der Waals surface area contributed by atoms with Gasteiger partial charge in [-0.2, -0.15) is 0 Å². The predicted molar refractivity (Wildman–Crippen MR) is 94.4 cm³/mol. The Balaban J connectivity index is 1.52. The van der Waals surface area contributed by atoms with Gasteiger partial charge in [0.1, 0.15) is 6.61 Å². The summed E-state index contributed by atoms with van der Waals surface area (Å²) in [5.41, 5.74) is 8.72. The van der Waals surface area contributed by atoms with Crippen molar-refractivity contribution in [1.82, 2.24) is 4.98 Å². The van der Waals surface area contributed by atoms with Crippen molar-refractivity contribution in [2.45, 2.75) is 25.9 Å². The largest absolute Gasteiger partial charge is 0.461 e. The van der Waals surface area contributed by atoms with Crippen molar-refractivity contribution in [3.05, 3.63) is 54.4 Å². The van der Waals surface area contributed by atoms with Crippen LogP contribution in [0.2, 0.25) is 0 Å². The number of esters is 1. The summed E-state index contributed by atoms with van der Waals surface area (Å²) in [5.74, 6) is 0.169. The Bertz CT molecular complexity index is 675. The zero-order valence-electron chi connectivity index (χ0n) is 13.7. The topological polar surface area (TPSA) is 68.5 Å². The molecule has 0 bridgehead atoms. The molecule has 1 aromatic heterocycles. The molecule has 1 aromatic carbocycles. The monoisotopic (exact) mass is 325 g/mol. The van der Waals surface area contributed by atoms with Gasteiger partial charge in [-0.05, 0) is 30.4 Å². The first-order valence-corrected chi connectivity index (χ1v) is 8.36. The molecule has 0 aliphatic carbocycles. The Morgan fingerprint density at radius 3 is 2.92 bits per heavy atom. The molecule has 1 saturated heterocycles. The Kier molecular flexibility index (Phi) is 5.31. The minimum atomic E-state index is -0.131. The number of hydrogen-bond donors (Lipinski definition) is 1. The molecule has 2 heterocycles. The number of rotatable bonds is 5. The van der Waals surface area contributed by atoms with Gasteiger partial charge in [0.05, 0.1) is 24.0 Å². The molecule has 5 nitrogen and oxygen atoms in total. The van der Waals surface area contributed by atoms with E-state index in [9.17, 15) is 4.79 Å². The number of nitrogens with zero attached hydrogens (tertiary/aromatic N) is 2. The molecule has 0 saturated carbocycles. The zero-order chi connectivity index (χ0) is 16.8. The summed E-state index contributed by atoms with van der Waals surface area (Å²) < 4.78 is 5.40. The first kappa shape index (κ1) is 16.3. The average molecular weight is 325 g/mol. The van der Waals surface area contributed by atoms with E-state index >= 15 is 0 Å². The number of hydrogen-bond acceptors (Lipinski definition) is 5. The van der Waals surface area contributed by atoms with Gasteiger partial charge >= 0.3 is 5.97 Å². The lowest BCUT2D eigenvalue weighted by Gasteiger charge is -2.34. The summed E-state index contributed by atoms with van der Waals surface area (Å²) in [6, 6.07) is 11.7. The van der Waals surface area contributed by atoms with Crippen molar-refractivity contribution in [2.24, 2.45) is 5.92 Å². The summed E-state index contributed by atoms with van der Waals surface area (Å²) in [5, 5.41) is 0. The second kappa shape index (κ2) is 7.81. The third-order valence-corrected chi connectivity index (χ3v) is 4.39. The van der Waals surface area contributed by atoms with Crippen LogP contribution in [0.1, 0.15) is 24.8 Å². The normalized spacial score (nSPS) is 17.5. The number of benzene rings is 1. The fourth-order valence-corrected chi connectivity index (χ4v) is 3.17. The van der Waals surface area contributed by atoms with Gasteiger partial charge in [-0.3, -0.25) is 9.78 Å². The molecule has 0 radical (unpaired) electrons. The minimum Gasteiger partial charge on any atom is -0.461 e. The van der Waals surface area contributed by atoms with Gasteiger partial charge in [-0.15, -0.1) is 0 Å². The molecule has 1 fully saturated rings. The number of carbonyl (C=O) groups is 1. The molecule has 1 atom stereocenters. The van der Waals surface area contributed by atoms with Gasteiger partial charge in [0.25, 0.3) is 0 Å². The van der Waals surface area contributed by atoms with E-state index in [4.69, 9.17) is 10.5 Å². The lowest BCUT2D eigenvalue weighted by atomic mass is 9.94. The van der Waals surface area contributed by atoms with Crippen molar-refractivity contribution < 1.29 is 9.53 Å². The van der Waals surface area contributed by atoms with Crippen LogP contribution in [0.4, 0.5) is 11.4 Å². The Labute approximate surface area is 142 Å². The molecule has 0 amide bonds. The highest BCUT2D eigenvalue weighted by Gasteiger charge is 2.24. The summed E-state index contributed by atoms with van der Waals surface area (Å²) in [4.78, 5) is 18.4. The van der Waals surface area contributed by atoms with Crippen LogP contribution in [0.25, 0.3) is 0 Å². The fourth-order valence-electron chi connectivity index (χ4n) is 3.17. The number of pyridine rings is 1. The molecule has 1 aliphatic heterocycles. The van der Waals surface area contributed by atoms with Crippen LogP contribution >= 0.6 is 0 Å². The van der Waals surface area contributed by atoms with Crippen LogP contribution in [0.5, 0.6) is 0 Å². The fraction of sp³-hybridized carbons (Fsp3) is 0.368. The van der Waals surface area contributed by atoms with E-state index in [1.807, 2.05) is 36.4 Å². The van der Waals surface area contributed by atoms with Crippen LogP contribution in [0.3, 0.4) is 0 Å². The molecule has 2 N–H and O–H groups in total. The van der Waals surface area contributed by atoms with Crippen molar-refractivity contribution in [1.29, 1.82) is 0 Å². The quantitative estimate of drug-likeness (QED) is 0.856. The Hall–Kier alpha value is -2.56. The summed E-state index contributed by atoms with van der Waals surface area (Å²) in [7, 11) is 0. The number of ether oxygens (including phenoxy) is 1. The molecule has 24 heavy (non-hydrogen) atoms. The van der Waals surface area contributed by atoms with E-state index in [2.05, 4.69) is 9.88 Å². The van der Waals surface area contributed by atoms with Crippen molar-refractivity contribution in [3.63, 3.8) is 0 Å². The maximum absolute atomic E-state index is 12.1. The predicted octanol–water partition coefficient (Wildman–Crippen LogP) is 3.01. The van der Waals surface area contributed by atoms with E-state index < -0.39 is 0 Å². The van der Waals surface area contributed by atoms with E-state index in [0.29, 0.717) is 24.6 Å². The van der Waals surface area contributed by atoms with Gasteiger partial charge < -0.3 is 15.4 Å². The van der Waals surface area contributed by atoms with Gasteiger partial charge in [0.15, 0.2) is 0 Å². The first-order valence-electron chi connectivity index (χ1n) is 8.36. The molecule has 5 heteroatoms. The average Bonchev–Trinajstić information content (AvgIpc) is 2.61. The lowest BCUT2D eigenvalue weighted by Crippen LogP contribution is -2.36. The third kappa shape index (κ3) is 4.25. The maximum Gasteiger partial charge on any atom is 0.306 e. The molecule has 3 rings (SSSR count). The van der Waals surface area contributed by atoms with Gasteiger partial charge in [-0.25, -0.2) is 0 Å². The molecule has 1 aliphatic rings. The minimum absolute atomic E-state index is 0.131. The highest BCUT2D eigenvalue weighted by Crippen LogP contribution is 2.28. The van der Waals surface area contributed by atoms with E-state index in [0.717, 1.165) is 37.2 Å². The molecule has 126 valence electrons. The van der Waals surface area contributed by atoms with Crippen LogP contribution in [-0.4, -0.2) is 24.0 Å². The highest BCUT2D eigenvalue weighted by molar-refractivity contribution is 5.70. The lowest BCUT2D eigenvalue weighted by molar-refractivity contribution is -0.146. The number of anilines is 2. The number of nitrogens with two attached hydrogens (primary N) is 1. The van der Waals surface area contributed by atoms with Crippen LogP contribution < -0.4 is 10.6 Å². The standard InChI is InChI=1S/C19H23N3O2/c20-17-12-21-9-8-18(17)22-10-4-7-16(13-22)11-19(23)24-14-15-5-2-1-3-6-15/h1-3,5-6,8-9,12,16H,4,7,10-11,13-14,20H2/t16-/m1/s1. The first-order chi connectivity index (χ1) is 11.7. The molecule has 0 spiro atoms. The van der Waals surface area contributed by atoms with Crippen molar-refractivity contribution in [3.8, 4) is 0 Å². The van der Waals surface area contributed by atoms with Crippen LogP contribution in [-0.2, 0) is 16.1 Å². The molecular formula is C19H23N3O2. The number of aromatic nitrogens is 1. The highest BCUT2D eigenvalue weighted by atomic mass is 16.5. The van der Waals surface area contributed by atoms with Crippen molar-refractivity contribution in [2.75, 3.05) is 23.7 Å². The Morgan fingerprint density at radius 1 is 1.29 bits per heavy atom. The maximum atomic E-state index is 12.1. The van der Waals surface area contributed by atoms with Crippen LogP contribution in [0, 0.1) is 5.92 Å². The number of carbonyl (C=O) groups excluding carboxylic acids is 1. The smallest absolute Gasteiger partial charge is 0.306 e. The van der Waals surface area contributed by atoms with Crippen LogP contribution in [0.15, 0.2) is 48.8 Å². The molecule has 0 unspecified atom stereocenters. The second-order valence-electron chi connectivity index (χ2n) is 6.24. The van der Waals surface area contributed by atoms with E-state index in [1.165, 1.54) is 0 Å². The summed E-state index contributed by atoms with van der Waals surface area (Å²) in [6.07, 6.45) is 5.98. The van der Waals surface area contributed by atoms with Crippen molar-refractivity contribution >= 4 is 17.3 Å². The number of nitrogen functional groups attached to an aromatic ring is 1. The molecular weight excluding hydrogens is 302 g/mol. The molecule has 2 aromatic rings. The van der Waals surface area contributed by atoms with Gasteiger partial charge in [-0.1, -0.05) is 30.3 Å². The summed E-state index contributed by atoms with van der Waals surface area (Å²) >= 11 is 0. The zero-order valence-corrected chi connectivity index (χ0v) is 13.7. The van der Waals surface area contributed by atoms with E-state index in [-0.39, 0.29) is 5.97 Å².